The van der Waals surface area contributed by atoms with Gasteiger partial charge in [0.05, 0.1) is 23.0 Å². The molecule has 1 atom stereocenters. The third-order valence-electron chi connectivity index (χ3n) is 5.83. The van der Waals surface area contributed by atoms with E-state index in [0.29, 0.717) is 36.8 Å². The smallest absolute Gasteiger partial charge is 0.253 e. The molecule has 0 radical (unpaired) electrons. The van der Waals surface area contributed by atoms with Gasteiger partial charge >= 0.3 is 0 Å². The summed E-state index contributed by atoms with van der Waals surface area (Å²) < 4.78 is 0. The van der Waals surface area contributed by atoms with Crippen LogP contribution in [0.5, 0.6) is 5.75 Å². The number of aromatic hydroxyl groups is 1. The number of hydrogen-bond donors (Lipinski definition) is 2. The first-order valence-electron chi connectivity index (χ1n) is 10.9. The number of phenolic OH excluding ortho intramolecular Hbond substituents is 1. The second-order valence-corrected chi connectivity index (χ2v) is 8.42. The van der Waals surface area contributed by atoms with Gasteiger partial charge in [0.1, 0.15) is 5.75 Å². The zero-order valence-electron chi connectivity index (χ0n) is 18.2. The molecule has 0 spiro atoms. The minimum absolute atomic E-state index is 0.0149. The van der Waals surface area contributed by atoms with Crippen molar-refractivity contribution >= 4 is 29.1 Å². The lowest BCUT2D eigenvalue weighted by Gasteiger charge is -2.36. The lowest BCUT2D eigenvalue weighted by Crippen LogP contribution is -2.49. The predicted molar refractivity (Wildman–Crippen MR) is 130 cm³/mol. The highest BCUT2D eigenvalue weighted by Gasteiger charge is 2.26. The van der Waals surface area contributed by atoms with Gasteiger partial charge in [-0.3, -0.25) is 9.59 Å². The third kappa shape index (κ3) is 5.65. The molecule has 0 aromatic heterocycles. The monoisotopic (exact) mass is 463 g/mol. The maximum absolute atomic E-state index is 13.2. The molecule has 7 heteroatoms. The van der Waals surface area contributed by atoms with Crippen LogP contribution in [0.4, 0.5) is 5.69 Å². The number of anilines is 1. The number of halogens is 1. The van der Waals surface area contributed by atoms with Gasteiger partial charge in [-0.2, -0.15) is 0 Å². The van der Waals surface area contributed by atoms with Gasteiger partial charge < -0.3 is 20.2 Å². The van der Waals surface area contributed by atoms with E-state index >= 15 is 0 Å². The van der Waals surface area contributed by atoms with Crippen LogP contribution in [0.2, 0.25) is 5.02 Å². The molecule has 0 saturated carbocycles. The van der Waals surface area contributed by atoms with Gasteiger partial charge in [0.15, 0.2) is 0 Å². The van der Waals surface area contributed by atoms with Gasteiger partial charge in [0, 0.05) is 37.9 Å². The summed E-state index contributed by atoms with van der Waals surface area (Å²) in [6, 6.07) is 23.0. The summed E-state index contributed by atoms with van der Waals surface area (Å²) in [4.78, 5) is 30.0. The van der Waals surface area contributed by atoms with Crippen molar-refractivity contribution in [3.05, 3.63) is 95.0 Å². The molecular formula is C26H26ClN3O3. The second-order valence-electron chi connectivity index (χ2n) is 8.01. The molecule has 170 valence electrons. The molecule has 0 bridgehead atoms. The van der Waals surface area contributed by atoms with Crippen molar-refractivity contribution in [1.29, 1.82) is 0 Å². The fourth-order valence-electron chi connectivity index (χ4n) is 4.03. The first-order valence-corrected chi connectivity index (χ1v) is 11.3. The van der Waals surface area contributed by atoms with Gasteiger partial charge in [-0.05, 0) is 29.8 Å². The van der Waals surface area contributed by atoms with Crippen molar-refractivity contribution in [2.45, 2.75) is 12.5 Å². The molecule has 6 nitrogen and oxygen atoms in total. The van der Waals surface area contributed by atoms with Crippen molar-refractivity contribution in [1.82, 2.24) is 10.2 Å². The summed E-state index contributed by atoms with van der Waals surface area (Å²) in [5.74, 6) is -0.0965. The Morgan fingerprint density at radius 2 is 1.61 bits per heavy atom. The summed E-state index contributed by atoms with van der Waals surface area (Å²) in [5, 5.41) is 13.1. The van der Waals surface area contributed by atoms with E-state index in [9.17, 15) is 14.7 Å². The molecule has 1 unspecified atom stereocenters. The molecule has 1 heterocycles. The van der Waals surface area contributed by atoms with E-state index in [2.05, 4.69) is 10.2 Å². The Kier molecular flexibility index (Phi) is 7.15. The van der Waals surface area contributed by atoms with E-state index in [1.807, 2.05) is 47.4 Å². The molecule has 2 N–H and O–H groups in total. The standard InChI is InChI=1S/C26H26ClN3O3/c27-23-12-5-4-11-22(23)26(33)28-24(19-7-2-1-3-8-19)18-25(32)30-15-13-29(14-16-30)20-9-6-10-21(31)17-20/h1-12,17,24,31H,13-16,18H2,(H,28,33). The maximum Gasteiger partial charge on any atom is 0.253 e. The normalized spacial score (nSPS) is 14.6. The first kappa shape index (κ1) is 22.7. The molecule has 33 heavy (non-hydrogen) atoms. The number of carbonyl (C=O) groups is 2. The van der Waals surface area contributed by atoms with Crippen molar-refractivity contribution < 1.29 is 14.7 Å². The van der Waals surface area contributed by atoms with E-state index in [1.54, 1.807) is 36.4 Å². The molecule has 3 aromatic rings. The predicted octanol–water partition coefficient (Wildman–Crippen LogP) is 4.26. The number of amides is 2. The van der Waals surface area contributed by atoms with Crippen LogP contribution < -0.4 is 10.2 Å². The first-order chi connectivity index (χ1) is 16.0. The number of carbonyl (C=O) groups excluding carboxylic acids is 2. The van der Waals surface area contributed by atoms with E-state index in [1.165, 1.54) is 0 Å². The van der Waals surface area contributed by atoms with E-state index in [-0.39, 0.29) is 24.0 Å². The topological polar surface area (TPSA) is 72.9 Å². The third-order valence-corrected chi connectivity index (χ3v) is 6.16. The zero-order valence-corrected chi connectivity index (χ0v) is 18.9. The average Bonchev–Trinajstić information content (AvgIpc) is 2.84. The largest absolute Gasteiger partial charge is 0.508 e. The highest BCUT2D eigenvalue weighted by atomic mass is 35.5. The summed E-state index contributed by atoms with van der Waals surface area (Å²) >= 11 is 6.19. The number of rotatable bonds is 6. The number of hydrogen-bond acceptors (Lipinski definition) is 4. The lowest BCUT2D eigenvalue weighted by atomic mass is 10.0. The summed E-state index contributed by atoms with van der Waals surface area (Å²) in [6.07, 6.45) is 0.159. The van der Waals surface area contributed by atoms with Crippen LogP contribution in [0.15, 0.2) is 78.9 Å². The summed E-state index contributed by atoms with van der Waals surface area (Å²) in [7, 11) is 0. The minimum Gasteiger partial charge on any atom is -0.508 e. The second kappa shape index (κ2) is 10.4. The summed E-state index contributed by atoms with van der Waals surface area (Å²) in [6.45, 7) is 2.51. The van der Waals surface area contributed by atoms with E-state index in [4.69, 9.17) is 11.6 Å². The Morgan fingerprint density at radius 1 is 0.909 bits per heavy atom. The Labute approximate surface area is 198 Å². The number of piperazine rings is 1. The van der Waals surface area contributed by atoms with Crippen LogP contribution in [-0.4, -0.2) is 48.0 Å². The number of nitrogens with zero attached hydrogens (tertiary/aromatic N) is 2. The molecule has 1 aliphatic rings. The van der Waals surface area contributed by atoms with E-state index in [0.717, 1.165) is 11.3 Å². The number of nitrogens with one attached hydrogen (secondary N) is 1. The fourth-order valence-corrected chi connectivity index (χ4v) is 4.25. The van der Waals surface area contributed by atoms with Crippen molar-refractivity contribution in [3.8, 4) is 5.75 Å². The van der Waals surface area contributed by atoms with Gasteiger partial charge in [0.25, 0.3) is 5.91 Å². The highest BCUT2D eigenvalue weighted by molar-refractivity contribution is 6.33. The zero-order chi connectivity index (χ0) is 23.2. The Bertz CT molecular complexity index is 1110. The highest BCUT2D eigenvalue weighted by Crippen LogP contribution is 2.24. The molecule has 3 aromatic carbocycles. The van der Waals surface area contributed by atoms with E-state index < -0.39 is 6.04 Å². The van der Waals surface area contributed by atoms with Gasteiger partial charge in [-0.25, -0.2) is 0 Å². The van der Waals surface area contributed by atoms with Crippen LogP contribution in [0.3, 0.4) is 0 Å². The number of phenols is 1. The number of benzene rings is 3. The molecule has 0 aliphatic carbocycles. The van der Waals surface area contributed by atoms with Gasteiger partial charge in [-0.15, -0.1) is 0 Å². The van der Waals surface area contributed by atoms with Crippen LogP contribution in [-0.2, 0) is 4.79 Å². The molecule has 4 rings (SSSR count). The van der Waals surface area contributed by atoms with Crippen LogP contribution in [0, 0.1) is 0 Å². The molecule has 2 amide bonds. The van der Waals surface area contributed by atoms with Crippen LogP contribution >= 0.6 is 11.6 Å². The molecular weight excluding hydrogens is 438 g/mol. The van der Waals surface area contributed by atoms with Crippen molar-refractivity contribution in [2.24, 2.45) is 0 Å². The molecule has 1 fully saturated rings. The average molecular weight is 464 g/mol. The Hall–Kier alpha value is -3.51. The van der Waals surface area contributed by atoms with Gasteiger partial charge in [-0.1, -0.05) is 60.1 Å². The lowest BCUT2D eigenvalue weighted by molar-refractivity contribution is -0.132. The van der Waals surface area contributed by atoms with Crippen molar-refractivity contribution in [2.75, 3.05) is 31.1 Å². The Balaban J connectivity index is 1.42. The van der Waals surface area contributed by atoms with Crippen molar-refractivity contribution in [3.63, 3.8) is 0 Å². The van der Waals surface area contributed by atoms with Crippen LogP contribution in [0.25, 0.3) is 0 Å². The fraction of sp³-hybridized carbons (Fsp3) is 0.231. The molecule has 1 saturated heterocycles. The summed E-state index contributed by atoms with van der Waals surface area (Å²) in [5.41, 5.74) is 2.19. The van der Waals surface area contributed by atoms with Gasteiger partial charge in [0.2, 0.25) is 5.91 Å². The van der Waals surface area contributed by atoms with Crippen LogP contribution in [0.1, 0.15) is 28.4 Å². The molecule has 1 aliphatic heterocycles. The maximum atomic E-state index is 13.2. The minimum atomic E-state index is -0.466. The quantitative estimate of drug-likeness (QED) is 0.573. The Morgan fingerprint density at radius 3 is 2.30 bits per heavy atom. The SMILES string of the molecule is O=C(NC(CC(=O)N1CCN(c2cccc(O)c2)CC1)c1ccccc1)c1ccccc1Cl.